The summed E-state index contributed by atoms with van der Waals surface area (Å²) in [5, 5.41) is 65.5. The third kappa shape index (κ3) is 15.8. The number of nitrogens with zero attached hydrogens (tertiary/aromatic N) is 3. The van der Waals surface area contributed by atoms with Crippen molar-refractivity contribution in [2.45, 2.75) is 191 Å². The zero-order valence-corrected chi connectivity index (χ0v) is 59.2. The largest absolute Gasteiger partial charge is 0.396 e. The van der Waals surface area contributed by atoms with Gasteiger partial charge in [0.25, 0.3) is 5.91 Å². The van der Waals surface area contributed by atoms with E-state index in [-0.39, 0.29) is 25.3 Å². The standard InChI is InChI=1S/C62H111N5O29/c1-29-31(40(77-7)50(85-15)59(91-29)95-44-36(25-73-3)93-57(89-19)52(87-17)48(44)83-13)21-32-41(78-8)42(79-9)33(23-68)61(71,27-75-5)54(32)65-56(70)35-22-63-66-67(35)55-39(47(82-12)43(80-10)34(24-69)62(55,72)28-76-6)64-38-30(2)92-60(51(86-16)46(38)81-11)96-45-37(26-74-4)94-58(90-20)53(88-18)49(45)84-14/h22,29-34,36-55,57-60,64,68-69,71-72H,21,23-28H2,1-20H3,(H,65,70)/t29?,30?,31?,32?,33?,34?,36?,37?,38?,39?,40-,41?,42-,43+,44?,45?,46+,47?,48-,49+,50?,51?,52?,53?,54?,55?,57?,58?,59?,60-,61?,62?/m0/s1. The third-order valence-corrected chi connectivity index (χ3v) is 20.7. The average molecular weight is 1390 g/mol. The van der Waals surface area contributed by atoms with Gasteiger partial charge >= 0.3 is 0 Å². The van der Waals surface area contributed by atoms with E-state index in [1.54, 1.807) is 6.92 Å². The molecule has 2 aliphatic carbocycles. The van der Waals surface area contributed by atoms with Crippen molar-refractivity contribution < 1.29 is 139 Å². The van der Waals surface area contributed by atoms with Crippen LogP contribution >= 0.6 is 0 Å². The highest BCUT2D eigenvalue weighted by Gasteiger charge is 2.65. The number of aliphatic hydroxyl groups is 4. The average Bonchev–Trinajstić information content (AvgIpc) is 1.07. The molecule has 4 aliphatic heterocycles. The molecule has 0 radical (unpaired) electrons. The van der Waals surface area contributed by atoms with Gasteiger partial charge in [0.1, 0.15) is 96.2 Å². The summed E-state index contributed by atoms with van der Waals surface area (Å²) in [6.45, 7) is 1.58. The van der Waals surface area contributed by atoms with Gasteiger partial charge in [0.05, 0.1) is 101 Å². The molecule has 7 rings (SSSR count). The van der Waals surface area contributed by atoms with E-state index in [9.17, 15) is 20.4 Å². The molecule has 25 unspecified atom stereocenters. The van der Waals surface area contributed by atoms with Crippen LogP contribution in [0.25, 0.3) is 0 Å². The molecule has 0 bridgehead atoms. The number of carbonyl (C=O) groups excluding carboxylic acids is 1. The van der Waals surface area contributed by atoms with E-state index < -0.39 is 226 Å². The lowest BCUT2D eigenvalue weighted by atomic mass is 9.61. The van der Waals surface area contributed by atoms with Crippen LogP contribution in [0.4, 0.5) is 0 Å². The summed E-state index contributed by atoms with van der Waals surface area (Å²) in [6, 6.07) is -4.86. The van der Waals surface area contributed by atoms with Crippen molar-refractivity contribution in [3.8, 4) is 0 Å². The van der Waals surface area contributed by atoms with Gasteiger partial charge in [0.15, 0.2) is 25.2 Å². The molecule has 34 heteroatoms. The lowest BCUT2D eigenvalue weighted by molar-refractivity contribution is -0.359. The van der Waals surface area contributed by atoms with Crippen molar-refractivity contribution in [2.75, 3.05) is 168 Å². The molecule has 1 amide bonds. The molecule has 0 aromatic carbocycles. The highest BCUT2D eigenvalue weighted by molar-refractivity contribution is 5.92. The summed E-state index contributed by atoms with van der Waals surface area (Å²) >= 11 is 0. The van der Waals surface area contributed by atoms with E-state index in [2.05, 4.69) is 20.9 Å². The van der Waals surface area contributed by atoms with Crippen LogP contribution in [-0.4, -0.2) is 373 Å². The number of ether oxygens (including phenoxy) is 24. The minimum atomic E-state index is -2.18. The SMILES string of the molecule is COCC1OC(OC)C(OC)[C@H](OC)C1O[C@@H]1OC(C)C(NC2C(OC)[C@H](OC)C(CO)C(O)(COC)C2n2nncc2C(=O)NC2C(CC3C(C)OC(OC4C(COC)OC(OC)C(OC)[C@H]4OC)C(OC)[C@H]3OC)C(OC)[C@@H](OC)C(CO)C2(O)COC)[C@@H](OC)C1OC. The topological polar surface area (TPSA) is 374 Å². The number of aromatic nitrogens is 3. The Balaban J connectivity index is 1.29. The molecule has 6 N–H and O–H groups in total. The second-order valence-corrected chi connectivity index (χ2v) is 25.2. The Hall–Kier alpha value is -2.55. The first kappa shape index (κ1) is 80.8. The number of rotatable bonds is 35. The summed E-state index contributed by atoms with van der Waals surface area (Å²) in [5.41, 5.74) is -4.55. The van der Waals surface area contributed by atoms with E-state index in [0.29, 0.717) is 0 Å². The predicted molar refractivity (Wildman–Crippen MR) is 330 cm³/mol. The highest BCUT2D eigenvalue weighted by Crippen LogP contribution is 2.49. The van der Waals surface area contributed by atoms with Crippen LogP contribution in [-0.2, 0) is 114 Å². The predicted octanol–water partition coefficient (Wildman–Crippen LogP) is -2.66. The molecule has 1 aromatic heterocycles. The lowest BCUT2D eigenvalue weighted by Crippen LogP contribution is -2.75. The third-order valence-electron chi connectivity index (χ3n) is 20.7. The summed E-state index contributed by atoms with van der Waals surface area (Å²) < 4.78 is 149. The van der Waals surface area contributed by atoms with Gasteiger partial charge in [-0.1, -0.05) is 5.21 Å². The van der Waals surface area contributed by atoms with E-state index in [1.165, 1.54) is 139 Å². The van der Waals surface area contributed by atoms with E-state index in [4.69, 9.17) is 114 Å². The number of carbonyl (C=O) groups is 1. The fourth-order valence-electron chi connectivity index (χ4n) is 16.3. The molecular weight excluding hydrogens is 1280 g/mol. The molecule has 558 valence electrons. The molecule has 4 saturated heterocycles. The van der Waals surface area contributed by atoms with Gasteiger partial charge in [-0.3, -0.25) is 4.79 Å². The summed E-state index contributed by atoms with van der Waals surface area (Å²) in [6.07, 6.45) is -18.0. The molecule has 32 atom stereocenters. The Labute approximate surface area is 562 Å². The van der Waals surface area contributed by atoms with Crippen molar-refractivity contribution >= 4 is 5.91 Å². The van der Waals surface area contributed by atoms with Crippen molar-refractivity contribution in [3.05, 3.63) is 11.9 Å². The molecule has 1 aromatic rings. The molecule has 0 spiro atoms. The summed E-state index contributed by atoms with van der Waals surface area (Å²) in [7, 11) is 26.6. The molecule has 6 aliphatic rings. The first-order chi connectivity index (χ1) is 46.2. The van der Waals surface area contributed by atoms with E-state index in [0.717, 1.165) is 0 Å². The molecule has 34 nitrogen and oxygen atoms in total. The number of hydrogen-bond donors (Lipinski definition) is 6. The van der Waals surface area contributed by atoms with Crippen LogP contribution in [0, 0.1) is 23.7 Å². The maximum atomic E-state index is 16.0. The first-order valence-corrected chi connectivity index (χ1v) is 32.2. The summed E-state index contributed by atoms with van der Waals surface area (Å²) in [4.78, 5) is 16.0. The fraction of sp³-hybridized carbons (Fsp3) is 0.952. The maximum absolute atomic E-state index is 16.0. The van der Waals surface area contributed by atoms with Crippen LogP contribution in [0.1, 0.15) is 36.8 Å². The second-order valence-electron chi connectivity index (χ2n) is 25.2. The quantitative estimate of drug-likeness (QED) is 0.0404. The van der Waals surface area contributed by atoms with Crippen LogP contribution in [0.15, 0.2) is 6.20 Å². The van der Waals surface area contributed by atoms with E-state index in [1.807, 2.05) is 6.92 Å². The number of aliphatic hydroxyl groups excluding tert-OH is 2. The van der Waals surface area contributed by atoms with Crippen molar-refractivity contribution in [1.29, 1.82) is 0 Å². The normalized spacial score (nSPS) is 43.9. The van der Waals surface area contributed by atoms with Crippen LogP contribution in [0.5, 0.6) is 0 Å². The van der Waals surface area contributed by atoms with Gasteiger partial charge in [0.2, 0.25) is 0 Å². The van der Waals surface area contributed by atoms with Crippen molar-refractivity contribution in [1.82, 2.24) is 25.6 Å². The van der Waals surface area contributed by atoms with Gasteiger partial charge in [-0.2, -0.15) is 0 Å². The zero-order chi connectivity index (χ0) is 70.5. The fourth-order valence-corrected chi connectivity index (χ4v) is 16.3. The number of hydrogen-bond acceptors (Lipinski definition) is 32. The smallest absolute Gasteiger partial charge is 0.271 e. The van der Waals surface area contributed by atoms with E-state index >= 15 is 4.79 Å². The number of methoxy groups -OCH3 is 18. The second kappa shape index (κ2) is 37.1. The Morgan fingerprint density at radius 1 is 0.469 bits per heavy atom. The number of amides is 1. The Kier molecular flexibility index (Phi) is 31.2. The highest BCUT2D eigenvalue weighted by atomic mass is 16.8. The van der Waals surface area contributed by atoms with Crippen LogP contribution < -0.4 is 10.6 Å². The monoisotopic (exact) mass is 1390 g/mol. The molecular formula is C62H111N5O29. The minimum Gasteiger partial charge on any atom is -0.396 e. The van der Waals surface area contributed by atoms with Gasteiger partial charge in [-0.05, 0) is 20.3 Å². The molecule has 2 saturated carbocycles. The maximum Gasteiger partial charge on any atom is 0.271 e. The zero-order valence-electron chi connectivity index (χ0n) is 59.2. The lowest BCUT2D eigenvalue weighted by Gasteiger charge is -2.57. The Morgan fingerprint density at radius 2 is 0.875 bits per heavy atom. The molecule has 96 heavy (non-hydrogen) atoms. The van der Waals surface area contributed by atoms with Gasteiger partial charge < -0.3 is 145 Å². The Morgan fingerprint density at radius 3 is 1.31 bits per heavy atom. The van der Waals surface area contributed by atoms with Crippen molar-refractivity contribution in [3.63, 3.8) is 0 Å². The minimum absolute atomic E-state index is 0.0696. The molecule has 6 fully saturated rings. The van der Waals surface area contributed by atoms with Crippen LogP contribution in [0.2, 0.25) is 0 Å². The molecule has 5 heterocycles. The Bertz CT molecular complexity index is 2440. The van der Waals surface area contributed by atoms with Crippen LogP contribution in [0.3, 0.4) is 0 Å². The van der Waals surface area contributed by atoms with Gasteiger partial charge in [0, 0.05) is 152 Å². The van der Waals surface area contributed by atoms with Crippen molar-refractivity contribution in [2.24, 2.45) is 23.7 Å². The summed E-state index contributed by atoms with van der Waals surface area (Å²) in [5.74, 6) is -4.76. The first-order valence-electron chi connectivity index (χ1n) is 32.2. The van der Waals surface area contributed by atoms with Gasteiger partial charge in [-0.25, -0.2) is 4.68 Å². The van der Waals surface area contributed by atoms with Gasteiger partial charge in [-0.15, -0.1) is 5.10 Å². The number of nitrogens with one attached hydrogen (secondary N) is 2.